The molecule has 3 aromatic carbocycles. The van der Waals surface area contributed by atoms with Crippen molar-refractivity contribution in [3.63, 3.8) is 0 Å². The lowest BCUT2D eigenvalue weighted by atomic mass is 10.1. The molecule has 10 nitrogen and oxygen atoms in total. The van der Waals surface area contributed by atoms with Gasteiger partial charge in [-0.25, -0.2) is 23.7 Å². The van der Waals surface area contributed by atoms with Crippen molar-refractivity contribution in [3.8, 4) is 0 Å². The lowest BCUT2D eigenvalue weighted by Crippen LogP contribution is -2.36. The zero-order chi connectivity index (χ0) is 33.6. The van der Waals surface area contributed by atoms with Crippen LogP contribution in [0.25, 0.3) is 32.6 Å². The molecule has 1 aliphatic rings. The number of alkyl halides is 2. The van der Waals surface area contributed by atoms with Crippen LogP contribution in [0, 0.1) is 0 Å². The first-order chi connectivity index (χ1) is 23.9. The quantitative estimate of drug-likeness (QED) is 0.107. The number of hydrogen-bond donors (Lipinski definition) is 2. The number of aromatic nitrogens is 5. The molecule has 1 fully saturated rings. The molecular formula is C37H36F2N8O2. The molecule has 1 saturated heterocycles. The van der Waals surface area contributed by atoms with E-state index in [1.54, 1.807) is 6.07 Å². The standard InChI is InChI=1S/C37H36F2N8O2/c38-37(39,13-6-7-15-46-16-18-49-19-17-46)14-12-34(48)44-33-21-30-32(22-40-33)41-25-42-36(30)43-31-20-27-24-47(23-26-8-2-1-3-9-26)45-35(27)29-11-5-4-10-28(29)31/h1-5,8-12,14,20-22,24-25H,6-7,13,15-19,23H2,(H,40,44,48)(H,41,42,43). The summed E-state index contributed by atoms with van der Waals surface area (Å²) in [6.07, 6.45) is 7.21. The highest BCUT2D eigenvalue weighted by atomic mass is 19.3. The average Bonchev–Trinajstić information content (AvgIpc) is 3.53. The first-order valence-corrected chi connectivity index (χ1v) is 16.4. The van der Waals surface area contributed by atoms with E-state index < -0.39 is 11.8 Å². The minimum atomic E-state index is -3.09. The number of rotatable bonds is 12. The summed E-state index contributed by atoms with van der Waals surface area (Å²) in [4.78, 5) is 28.0. The molecule has 3 aromatic heterocycles. The Morgan fingerprint density at radius 3 is 2.57 bits per heavy atom. The van der Waals surface area contributed by atoms with E-state index in [1.165, 1.54) is 12.5 Å². The summed E-state index contributed by atoms with van der Waals surface area (Å²) in [6, 6.07) is 21.9. The number of benzene rings is 3. The summed E-state index contributed by atoms with van der Waals surface area (Å²) in [5.41, 5.74) is 3.42. The number of ether oxygens (including phenoxy) is 1. The number of allylic oxidation sites excluding steroid dienone is 1. The number of hydrogen-bond acceptors (Lipinski definition) is 8. The average molecular weight is 663 g/mol. The van der Waals surface area contributed by atoms with E-state index in [-0.39, 0.29) is 12.2 Å². The summed E-state index contributed by atoms with van der Waals surface area (Å²) >= 11 is 0. The van der Waals surface area contributed by atoms with Gasteiger partial charge in [0.1, 0.15) is 23.5 Å². The lowest BCUT2D eigenvalue weighted by Gasteiger charge is -2.26. The first kappa shape index (κ1) is 32.2. The Kier molecular flexibility index (Phi) is 9.49. The number of nitrogens with zero attached hydrogens (tertiary/aromatic N) is 6. The number of anilines is 3. The Morgan fingerprint density at radius 2 is 1.73 bits per heavy atom. The predicted molar refractivity (Wildman–Crippen MR) is 187 cm³/mol. The van der Waals surface area contributed by atoms with Crippen LogP contribution in [-0.2, 0) is 16.1 Å². The van der Waals surface area contributed by atoms with Gasteiger partial charge in [-0.1, -0.05) is 54.6 Å². The summed E-state index contributed by atoms with van der Waals surface area (Å²) in [5.74, 6) is -3.10. The van der Waals surface area contributed by atoms with Crippen molar-refractivity contribution in [2.75, 3.05) is 43.5 Å². The zero-order valence-electron chi connectivity index (χ0n) is 26.9. The van der Waals surface area contributed by atoms with Crippen LogP contribution >= 0.6 is 0 Å². The van der Waals surface area contributed by atoms with Gasteiger partial charge in [0.15, 0.2) is 0 Å². The fraction of sp³-hybridized carbons (Fsp3) is 0.270. The maximum atomic E-state index is 14.5. The van der Waals surface area contributed by atoms with Crippen molar-refractivity contribution < 1.29 is 18.3 Å². The van der Waals surface area contributed by atoms with Crippen LogP contribution in [0.2, 0.25) is 0 Å². The molecule has 0 aliphatic carbocycles. The Hall–Kier alpha value is -5.33. The van der Waals surface area contributed by atoms with Gasteiger partial charge >= 0.3 is 0 Å². The second-order valence-corrected chi connectivity index (χ2v) is 12.1. The van der Waals surface area contributed by atoms with Crippen molar-refractivity contribution in [1.82, 2.24) is 29.6 Å². The number of halogens is 2. The van der Waals surface area contributed by atoms with Gasteiger partial charge in [-0.15, -0.1) is 0 Å². The summed E-state index contributed by atoms with van der Waals surface area (Å²) in [7, 11) is 0. The fourth-order valence-corrected chi connectivity index (χ4v) is 6.09. The smallest absolute Gasteiger partial charge is 0.266 e. The Balaban J connectivity index is 1.06. The van der Waals surface area contributed by atoms with Crippen LogP contribution in [0.5, 0.6) is 0 Å². The number of morpholine rings is 1. The third kappa shape index (κ3) is 7.87. The van der Waals surface area contributed by atoms with Crippen molar-refractivity contribution in [2.45, 2.75) is 31.7 Å². The summed E-state index contributed by atoms with van der Waals surface area (Å²) in [5, 5.41) is 14.5. The molecule has 12 heteroatoms. The molecular weight excluding hydrogens is 626 g/mol. The van der Waals surface area contributed by atoms with Crippen LogP contribution in [0.3, 0.4) is 0 Å². The van der Waals surface area contributed by atoms with Gasteiger partial charge in [-0.2, -0.15) is 5.10 Å². The van der Waals surface area contributed by atoms with Gasteiger partial charge in [0.25, 0.3) is 5.92 Å². The topological polar surface area (TPSA) is 110 Å². The molecule has 7 rings (SSSR count). The Bertz CT molecular complexity index is 2110. The molecule has 2 N–H and O–H groups in total. The van der Waals surface area contributed by atoms with E-state index in [0.717, 1.165) is 58.6 Å². The molecule has 0 radical (unpaired) electrons. The van der Waals surface area contributed by atoms with Gasteiger partial charge in [0.05, 0.1) is 31.5 Å². The highest BCUT2D eigenvalue weighted by Gasteiger charge is 2.25. The molecule has 0 atom stereocenters. The number of pyridine rings is 1. The maximum Gasteiger partial charge on any atom is 0.266 e. The van der Waals surface area contributed by atoms with Crippen molar-refractivity contribution in [2.24, 2.45) is 0 Å². The molecule has 0 bridgehead atoms. The predicted octanol–water partition coefficient (Wildman–Crippen LogP) is 6.95. The number of nitrogens with one attached hydrogen (secondary N) is 2. The van der Waals surface area contributed by atoms with E-state index in [0.29, 0.717) is 55.4 Å². The van der Waals surface area contributed by atoms with Crippen LogP contribution in [0.1, 0.15) is 24.8 Å². The van der Waals surface area contributed by atoms with E-state index in [9.17, 15) is 13.6 Å². The first-order valence-electron chi connectivity index (χ1n) is 16.4. The number of carbonyl (C=O) groups is 1. The summed E-state index contributed by atoms with van der Waals surface area (Å²) < 4.78 is 36.3. The zero-order valence-corrected chi connectivity index (χ0v) is 26.9. The number of amides is 1. The largest absolute Gasteiger partial charge is 0.379 e. The van der Waals surface area contributed by atoms with Gasteiger partial charge < -0.3 is 15.4 Å². The lowest BCUT2D eigenvalue weighted by molar-refractivity contribution is -0.112. The fourth-order valence-electron chi connectivity index (χ4n) is 6.09. The maximum absolute atomic E-state index is 14.5. The highest BCUT2D eigenvalue weighted by molar-refractivity contribution is 6.12. The monoisotopic (exact) mass is 662 g/mol. The van der Waals surface area contributed by atoms with Crippen molar-refractivity contribution in [3.05, 3.63) is 103 Å². The molecule has 49 heavy (non-hydrogen) atoms. The highest BCUT2D eigenvalue weighted by Crippen LogP contribution is 2.34. The SMILES string of the molecule is O=C(C=CC(F)(F)CCCCN1CCOCC1)Nc1cc2c(Nc3cc4cn(Cc5ccccc5)nc4c4ccccc34)ncnc2cn1. The van der Waals surface area contributed by atoms with Gasteiger partial charge in [0, 0.05) is 59.0 Å². The molecule has 0 unspecified atom stereocenters. The van der Waals surface area contributed by atoms with E-state index >= 15 is 0 Å². The Morgan fingerprint density at radius 1 is 0.939 bits per heavy atom. The third-order valence-electron chi connectivity index (χ3n) is 8.59. The minimum Gasteiger partial charge on any atom is -0.379 e. The van der Waals surface area contributed by atoms with E-state index in [2.05, 4.69) is 42.6 Å². The van der Waals surface area contributed by atoms with Crippen molar-refractivity contribution in [1.29, 1.82) is 0 Å². The van der Waals surface area contributed by atoms with E-state index in [4.69, 9.17) is 9.84 Å². The molecule has 0 saturated carbocycles. The summed E-state index contributed by atoms with van der Waals surface area (Å²) in [6.45, 7) is 4.44. The second kappa shape index (κ2) is 14.4. The molecule has 0 spiro atoms. The number of unbranched alkanes of at least 4 members (excludes halogenated alkanes) is 1. The number of fused-ring (bicyclic) bond motifs is 4. The minimum absolute atomic E-state index is 0.191. The van der Waals surface area contributed by atoms with Crippen LogP contribution < -0.4 is 10.6 Å². The van der Waals surface area contributed by atoms with Crippen LogP contribution in [-0.4, -0.2) is 74.3 Å². The number of carbonyl (C=O) groups excluding carboxylic acids is 1. The van der Waals surface area contributed by atoms with Gasteiger partial charge in [-0.05, 0) is 43.2 Å². The second-order valence-electron chi connectivity index (χ2n) is 12.1. The van der Waals surface area contributed by atoms with Gasteiger partial charge in [-0.3, -0.25) is 14.4 Å². The van der Waals surface area contributed by atoms with Crippen LogP contribution in [0.4, 0.5) is 26.1 Å². The Labute approximate surface area is 281 Å². The molecule has 1 aliphatic heterocycles. The van der Waals surface area contributed by atoms with Crippen LogP contribution in [0.15, 0.2) is 97.6 Å². The normalized spacial score (nSPS) is 14.2. The molecule has 250 valence electrons. The third-order valence-corrected chi connectivity index (χ3v) is 8.59. The van der Waals surface area contributed by atoms with Crippen molar-refractivity contribution >= 4 is 55.8 Å². The molecule has 6 aromatic rings. The van der Waals surface area contributed by atoms with Gasteiger partial charge in [0.2, 0.25) is 5.91 Å². The molecule has 1 amide bonds. The van der Waals surface area contributed by atoms with E-state index in [1.807, 2.05) is 59.4 Å². The molecule has 4 heterocycles.